The molecule has 2 aromatic carbocycles. The highest BCUT2D eigenvalue weighted by molar-refractivity contribution is 6.21. The van der Waals surface area contributed by atoms with Gasteiger partial charge in [-0.05, 0) is 70.0 Å². The molecule has 0 radical (unpaired) electrons. The molecule has 4 heterocycles. The first-order valence-electron chi connectivity index (χ1n) is 15.3. The number of ether oxygens (including phenoxy) is 3. The summed E-state index contributed by atoms with van der Waals surface area (Å²) in [7, 11) is 1.29. The van der Waals surface area contributed by atoms with E-state index in [9.17, 15) is 19.2 Å². The van der Waals surface area contributed by atoms with Crippen LogP contribution in [-0.4, -0.2) is 81.0 Å². The van der Waals surface area contributed by atoms with Crippen molar-refractivity contribution >= 4 is 29.5 Å². The van der Waals surface area contributed by atoms with Crippen molar-refractivity contribution in [1.29, 1.82) is 0 Å². The zero-order valence-corrected chi connectivity index (χ0v) is 26.3. The van der Waals surface area contributed by atoms with E-state index in [-0.39, 0.29) is 24.8 Å². The summed E-state index contributed by atoms with van der Waals surface area (Å²) in [6, 6.07) is 19.6. The molecule has 1 saturated heterocycles. The summed E-state index contributed by atoms with van der Waals surface area (Å²) < 4.78 is 18.9. The monoisotopic (exact) mass is 624 g/mol. The van der Waals surface area contributed by atoms with Crippen LogP contribution in [0, 0.1) is 0 Å². The second kappa shape index (κ2) is 12.3. The molecule has 6 rings (SSSR count). The van der Waals surface area contributed by atoms with Crippen LogP contribution < -0.4 is 4.74 Å². The van der Waals surface area contributed by atoms with Crippen LogP contribution in [0.5, 0.6) is 5.75 Å². The number of fused-ring (bicyclic) bond motifs is 2. The van der Waals surface area contributed by atoms with E-state index < -0.39 is 29.8 Å². The molecule has 0 N–H and O–H groups in total. The molecule has 2 aliphatic heterocycles. The van der Waals surface area contributed by atoms with Gasteiger partial charge in [0.05, 0.1) is 30.5 Å². The van der Waals surface area contributed by atoms with Crippen molar-refractivity contribution in [3.8, 4) is 17.0 Å². The fraction of sp³-hybridized carbons (Fsp3) is 0.343. The Labute approximate surface area is 266 Å². The van der Waals surface area contributed by atoms with E-state index in [0.717, 1.165) is 22.6 Å². The van der Waals surface area contributed by atoms with Crippen LogP contribution in [0.4, 0.5) is 4.79 Å². The van der Waals surface area contributed by atoms with E-state index in [1.807, 2.05) is 48.7 Å². The van der Waals surface area contributed by atoms with Crippen molar-refractivity contribution in [3.05, 3.63) is 89.7 Å². The number of amides is 3. The Hall–Kier alpha value is -5.19. The molecular weight excluding hydrogens is 588 g/mol. The number of hydrogen-bond donors (Lipinski definition) is 0. The lowest BCUT2D eigenvalue weighted by molar-refractivity contribution is -0.145. The van der Waals surface area contributed by atoms with Crippen LogP contribution in [0.3, 0.4) is 0 Å². The third-order valence-electron chi connectivity index (χ3n) is 8.09. The van der Waals surface area contributed by atoms with Gasteiger partial charge in [-0.15, -0.1) is 0 Å². The minimum Gasteiger partial charge on any atom is -0.488 e. The number of hydrogen-bond acceptors (Lipinski definition) is 8. The van der Waals surface area contributed by atoms with E-state index in [1.54, 1.807) is 45.0 Å². The molecule has 3 amide bonds. The molecule has 0 spiro atoms. The average Bonchev–Trinajstić information content (AvgIpc) is 3.72. The van der Waals surface area contributed by atoms with E-state index in [0.29, 0.717) is 36.3 Å². The molecule has 0 saturated carbocycles. The second-order valence-corrected chi connectivity index (χ2v) is 12.4. The fourth-order valence-electron chi connectivity index (χ4n) is 6.05. The van der Waals surface area contributed by atoms with Crippen LogP contribution in [0.15, 0.2) is 72.9 Å². The van der Waals surface area contributed by atoms with Crippen molar-refractivity contribution in [2.75, 3.05) is 20.2 Å². The number of imidazole rings is 1. The topological polar surface area (TPSA) is 120 Å². The highest BCUT2D eigenvalue weighted by atomic mass is 16.6. The Kier molecular flexibility index (Phi) is 8.24. The zero-order valence-electron chi connectivity index (χ0n) is 26.3. The Morgan fingerprint density at radius 1 is 0.957 bits per heavy atom. The van der Waals surface area contributed by atoms with Gasteiger partial charge in [0.15, 0.2) is 0 Å². The fourth-order valence-corrected chi connectivity index (χ4v) is 6.05. The van der Waals surface area contributed by atoms with E-state index in [1.165, 1.54) is 16.9 Å². The predicted molar refractivity (Wildman–Crippen MR) is 169 cm³/mol. The van der Waals surface area contributed by atoms with Crippen LogP contribution in [-0.2, 0) is 20.7 Å². The minimum atomic E-state index is -0.810. The lowest BCUT2D eigenvalue weighted by Crippen LogP contribution is -2.44. The van der Waals surface area contributed by atoms with Crippen LogP contribution >= 0.6 is 0 Å². The van der Waals surface area contributed by atoms with Crippen molar-refractivity contribution < 1.29 is 33.4 Å². The quantitative estimate of drug-likeness (QED) is 0.195. The standard InChI is InChI=1S/C35H36N4O7/c1-35(2,3)46-34(43)38-21-25(19-29(38)33(42)44-4)45-24-12-7-10-22(18-24)28-15-8-16-30-36-20-23(39(28)30)11-9-17-37-31(40)26-13-5-6-14-27(26)32(37)41/h5-8,10,12-16,18,20,25,29H,9,11,17,19,21H2,1-4H3/t25-,29-/m0/s1. The Morgan fingerprint density at radius 3 is 2.37 bits per heavy atom. The van der Waals surface area contributed by atoms with Gasteiger partial charge in [-0.1, -0.05) is 30.3 Å². The van der Waals surface area contributed by atoms with Gasteiger partial charge in [0.25, 0.3) is 11.8 Å². The number of rotatable bonds is 8. The lowest BCUT2D eigenvalue weighted by Gasteiger charge is -2.27. The number of nitrogens with zero attached hydrogens (tertiary/aromatic N) is 4. The number of methoxy groups -OCH3 is 1. The van der Waals surface area contributed by atoms with Crippen molar-refractivity contribution in [1.82, 2.24) is 19.2 Å². The summed E-state index contributed by atoms with van der Waals surface area (Å²) in [5.74, 6) is -0.453. The highest BCUT2D eigenvalue weighted by Gasteiger charge is 2.43. The molecule has 1 fully saturated rings. The maximum absolute atomic E-state index is 12.9. The zero-order chi connectivity index (χ0) is 32.6. The molecule has 0 unspecified atom stereocenters. The molecule has 0 bridgehead atoms. The maximum atomic E-state index is 12.9. The summed E-state index contributed by atoms with van der Waals surface area (Å²) >= 11 is 0. The van der Waals surface area contributed by atoms with Crippen LogP contribution in [0.1, 0.15) is 60.0 Å². The van der Waals surface area contributed by atoms with Gasteiger partial charge in [-0.2, -0.15) is 0 Å². The number of aryl methyl sites for hydroxylation is 1. The largest absolute Gasteiger partial charge is 0.488 e. The van der Waals surface area contributed by atoms with E-state index in [2.05, 4.69) is 9.38 Å². The Bertz CT molecular complexity index is 1790. The SMILES string of the molecule is COC(=O)[C@@H]1C[C@H](Oc2cccc(-c3cccc4ncc(CCCN5C(=O)c6ccccc6C5=O)n34)c2)CN1C(=O)OC(C)(C)C. The predicted octanol–water partition coefficient (Wildman–Crippen LogP) is 5.16. The van der Waals surface area contributed by atoms with E-state index >= 15 is 0 Å². The number of carbonyl (C=O) groups excluding carboxylic acids is 4. The number of imide groups is 1. The molecular formula is C35H36N4O7. The summed E-state index contributed by atoms with van der Waals surface area (Å²) in [4.78, 5) is 58.3. The van der Waals surface area contributed by atoms with Gasteiger partial charge in [0.2, 0.25) is 0 Å². The minimum absolute atomic E-state index is 0.174. The molecule has 2 aromatic heterocycles. The number of benzene rings is 2. The summed E-state index contributed by atoms with van der Waals surface area (Å²) in [6.07, 6.45) is 2.22. The van der Waals surface area contributed by atoms with Crippen molar-refractivity contribution in [2.45, 2.75) is 57.8 Å². The maximum Gasteiger partial charge on any atom is 0.411 e. The molecule has 238 valence electrons. The number of aromatic nitrogens is 2. The smallest absolute Gasteiger partial charge is 0.411 e. The summed E-state index contributed by atoms with van der Waals surface area (Å²) in [6.45, 7) is 5.80. The van der Waals surface area contributed by atoms with Crippen molar-refractivity contribution in [2.24, 2.45) is 0 Å². The molecule has 2 aliphatic rings. The summed E-state index contributed by atoms with van der Waals surface area (Å²) in [5.41, 5.74) is 3.67. The van der Waals surface area contributed by atoms with Crippen LogP contribution in [0.25, 0.3) is 16.9 Å². The molecule has 11 nitrogen and oxygen atoms in total. The van der Waals surface area contributed by atoms with E-state index in [4.69, 9.17) is 14.2 Å². The third kappa shape index (κ3) is 6.04. The average molecular weight is 625 g/mol. The first-order chi connectivity index (χ1) is 22.0. The van der Waals surface area contributed by atoms with Gasteiger partial charge >= 0.3 is 12.1 Å². The number of pyridine rings is 1. The van der Waals surface area contributed by atoms with Gasteiger partial charge < -0.3 is 14.2 Å². The van der Waals surface area contributed by atoms with Crippen LogP contribution in [0.2, 0.25) is 0 Å². The number of likely N-dealkylation sites (tertiary alicyclic amines) is 1. The molecule has 4 aromatic rings. The Balaban J connectivity index is 1.18. The van der Waals surface area contributed by atoms with Gasteiger partial charge in [0, 0.05) is 30.4 Å². The molecule has 2 atom stereocenters. The van der Waals surface area contributed by atoms with Gasteiger partial charge in [-0.3, -0.25) is 23.8 Å². The second-order valence-electron chi connectivity index (χ2n) is 12.4. The molecule has 11 heteroatoms. The van der Waals surface area contributed by atoms with Gasteiger partial charge in [0.1, 0.15) is 29.1 Å². The van der Waals surface area contributed by atoms with Crippen molar-refractivity contribution in [3.63, 3.8) is 0 Å². The first-order valence-corrected chi connectivity index (χ1v) is 15.3. The Morgan fingerprint density at radius 2 is 1.67 bits per heavy atom. The lowest BCUT2D eigenvalue weighted by atomic mass is 10.1. The first kappa shape index (κ1) is 30.8. The number of carbonyl (C=O) groups is 4. The summed E-state index contributed by atoms with van der Waals surface area (Å²) in [5, 5.41) is 0. The number of esters is 1. The highest BCUT2D eigenvalue weighted by Crippen LogP contribution is 2.30. The third-order valence-corrected chi connectivity index (χ3v) is 8.09. The normalized spacial score (nSPS) is 17.8. The molecule has 0 aliphatic carbocycles. The molecule has 46 heavy (non-hydrogen) atoms. The van der Waals surface area contributed by atoms with Gasteiger partial charge in [-0.25, -0.2) is 14.6 Å².